The quantitative estimate of drug-likeness (QED) is 0.115. The van der Waals surface area contributed by atoms with Crippen LogP contribution in [0, 0.1) is 10.5 Å². The third-order valence-electron chi connectivity index (χ3n) is 6.34. The Bertz CT molecular complexity index is 1760. The fourth-order valence-electron chi connectivity index (χ4n) is 4.20. The minimum Gasteiger partial charge on any atom is -0.350 e. The Hall–Kier alpha value is -3.61. The van der Waals surface area contributed by atoms with E-state index >= 15 is 0 Å². The summed E-state index contributed by atoms with van der Waals surface area (Å²) in [4.78, 5) is 31.3. The van der Waals surface area contributed by atoms with Gasteiger partial charge in [0, 0.05) is 27.8 Å². The number of hydrogen-bond acceptors (Lipinski definition) is 6. The van der Waals surface area contributed by atoms with Crippen molar-refractivity contribution in [2.45, 2.75) is 57.8 Å². The summed E-state index contributed by atoms with van der Waals surface area (Å²) < 4.78 is 95.1. The van der Waals surface area contributed by atoms with Crippen molar-refractivity contribution in [1.29, 1.82) is 0 Å². The lowest BCUT2D eigenvalue weighted by atomic mass is 9.95. The average Bonchev–Trinajstić information content (AvgIpc) is 3.57. The number of aromatic nitrogens is 6. The van der Waals surface area contributed by atoms with E-state index in [1.54, 1.807) is 32.9 Å². The minimum atomic E-state index is -6.55. The molecule has 0 unspecified atom stereocenters. The number of ketones is 1. The fourth-order valence-corrected chi connectivity index (χ4v) is 5.18. The maximum absolute atomic E-state index is 14.1. The molecule has 0 fully saturated rings. The number of alkyl halides is 7. The van der Waals surface area contributed by atoms with Crippen LogP contribution in [0.15, 0.2) is 42.7 Å². The van der Waals surface area contributed by atoms with Crippen LogP contribution in [0.4, 0.5) is 30.7 Å². The summed E-state index contributed by atoms with van der Waals surface area (Å²) in [6, 6.07) is 7.41. The maximum Gasteiger partial charge on any atom is 0.460 e. The Kier molecular flexibility index (Phi) is 9.63. The van der Waals surface area contributed by atoms with Gasteiger partial charge in [-0.25, -0.2) is 9.67 Å². The van der Waals surface area contributed by atoms with Gasteiger partial charge in [-0.05, 0) is 84.8 Å². The molecule has 0 aliphatic carbocycles. The first-order chi connectivity index (χ1) is 20.8. The first-order valence-corrected chi connectivity index (χ1v) is 14.3. The number of nitrogens with zero attached hydrogens (tertiary/aromatic N) is 6. The van der Waals surface area contributed by atoms with Gasteiger partial charge in [-0.15, -0.1) is 0 Å². The Morgan fingerprint density at radius 1 is 1.07 bits per heavy atom. The largest absolute Gasteiger partial charge is 0.460 e. The summed E-state index contributed by atoms with van der Waals surface area (Å²) in [5, 5.41) is 13.6. The molecule has 1 aromatic carbocycles. The first-order valence-electron chi connectivity index (χ1n) is 12.9. The van der Waals surface area contributed by atoms with Gasteiger partial charge in [0.05, 0.1) is 16.9 Å². The molecule has 45 heavy (non-hydrogen) atoms. The molecule has 1 amide bonds. The van der Waals surface area contributed by atoms with Crippen molar-refractivity contribution in [2.75, 3.05) is 0 Å². The lowest BCUT2D eigenvalue weighted by Gasteiger charge is -2.26. The van der Waals surface area contributed by atoms with Crippen molar-refractivity contribution >= 4 is 45.9 Å². The molecule has 3 aromatic heterocycles. The zero-order chi connectivity index (χ0) is 33.5. The smallest absolute Gasteiger partial charge is 0.350 e. The van der Waals surface area contributed by atoms with E-state index < -0.39 is 42.0 Å². The maximum atomic E-state index is 14.1. The molecular formula is C27H22ClF7IN7O2. The van der Waals surface area contributed by atoms with Crippen molar-refractivity contribution in [1.82, 2.24) is 35.1 Å². The number of hydrogen-bond donors (Lipinski definition) is 1. The first kappa shape index (κ1) is 34.3. The summed E-state index contributed by atoms with van der Waals surface area (Å²) in [7, 11) is 0. The molecule has 1 N–H and O–H groups in total. The number of aryl methyl sites for hydroxylation is 1. The highest BCUT2D eigenvalue weighted by Crippen LogP contribution is 2.51. The number of rotatable bonds is 10. The van der Waals surface area contributed by atoms with Crippen LogP contribution in [0.1, 0.15) is 57.2 Å². The third kappa shape index (κ3) is 6.97. The second-order valence-corrected chi connectivity index (χ2v) is 11.8. The molecule has 0 aliphatic heterocycles. The summed E-state index contributed by atoms with van der Waals surface area (Å²) in [6.45, 7) is 4.67. The highest BCUT2D eigenvalue weighted by atomic mass is 127. The molecule has 0 aliphatic rings. The van der Waals surface area contributed by atoms with Crippen molar-refractivity contribution < 1.29 is 40.3 Å². The second-order valence-electron chi connectivity index (χ2n) is 10.1. The van der Waals surface area contributed by atoms with Gasteiger partial charge in [-0.3, -0.25) is 9.59 Å². The summed E-state index contributed by atoms with van der Waals surface area (Å²) in [6.07, 6.45) is -5.40. The molecule has 240 valence electrons. The topological polar surface area (TPSA) is 108 Å². The number of Topliss-reactive ketones (excluding diaryl/α,β-unsaturated/α-hetero) is 1. The number of carbonyl (C=O) groups excluding carboxylic acids is 2. The van der Waals surface area contributed by atoms with E-state index in [0.717, 1.165) is 8.25 Å². The fraction of sp³-hybridized carbons (Fsp3) is 0.333. The molecule has 18 heteroatoms. The molecule has 3 heterocycles. The molecular weight excluding hydrogens is 750 g/mol. The van der Waals surface area contributed by atoms with E-state index in [-0.39, 0.29) is 46.5 Å². The Morgan fingerprint density at radius 2 is 1.76 bits per heavy atom. The van der Waals surface area contributed by atoms with Gasteiger partial charge in [0.1, 0.15) is 12.2 Å². The van der Waals surface area contributed by atoms with Crippen LogP contribution < -0.4 is 5.32 Å². The van der Waals surface area contributed by atoms with Gasteiger partial charge in [0.2, 0.25) is 0 Å². The van der Waals surface area contributed by atoms with E-state index in [1.165, 1.54) is 24.4 Å². The molecule has 0 saturated heterocycles. The minimum absolute atomic E-state index is 0.00339. The number of amides is 1. The van der Waals surface area contributed by atoms with E-state index in [4.69, 9.17) is 11.6 Å². The van der Waals surface area contributed by atoms with Crippen molar-refractivity contribution in [3.8, 4) is 5.82 Å². The standard InChI is InChI=1S/C27H22ClF7IN7O2/c1-13(2)39-24(45)18-8-15(36)7-14(3)17(18)10-21(44)20-9-16(40-43(20)23-19(28)5-4-6-37-23)12-42-38-11-22(41-42)25(29,30)26(31,32)27(33,34)35/h4-9,11,13H,10,12H2,1-3H3,(H,39,45). The molecule has 0 saturated carbocycles. The van der Waals surface area contributed by atoms with Gasteiger partial charge in [0.15, 0.2) is 17.3 Å². The van der Waals surface area contributed by atoms with Gasteiger partial charge in [-0.1, -0.05) is 11.6 Å². The van der Waals surface area contributed by atoms with Crippen LogP contribution in [0.2, 0.25) is 5.02 Å². The Labute approximate surface area is 269 Å². The van der Waals surface area contributed by atoms with Gasteiger partial charge in [-0.2, -0.15) is 50.8 Å². The molecule has 0 radical (unpaired) electrons. The second kappa shape index (κ2) is 12.6. The van der Waals surface area contributed by atoms with E-state index in [2.05, 4.69) is 25.6 Å². The highest BCUT2D eigenvalue weighted by molar-refractivity contribution is 14.1. The lowest BCUT2D eigenvalue weighted by Crippen LogP contribution is -2.50. The van der Waals surface area contributed by atoms with Crippen LogP contribution in [-0.2, 0) is 18.9 Å². The van der Waals surface area contributed by atoms with Crippen molar-refractivity contribution in [2.24, 2.45) is 0 Å². The van der Waals surface area contributed by atoms with Gasteiger partial charge in [0.25, 0.3) is 5.91 Å². The Balaban J connectivity index is 1.73. The normalized spacial score (nSPS) is 12.6. The number of carbonyl (C=O) groups is 2. The number of benzene rings is 1. The van der Waals surface area contributed by atoms with Crippen LogP contribution in [0.5, 0.6) is 0 Å². The zero-order valence-electron chi connectivity index (χ0n) is 23.4. The highest BCUT2D eigenvalue weighted by Gasteiger charge is 2.74. The molecule has 0 spiro atoms. The van der Waals surface area contributed by atoms with Crippen LogP contribution >= 0.6 is 34.2 Å². The van der Waals surface area contributed by atoms with E-state index in [0.29, 0.717) is 15.9 Å². The molecule has 9 nitrogen and oxygen atoms in total. The van der Waals surface area contributed by atoms with Crippen molar-refractivity contribution in [3.05, 3.63) is 85.1 Å². The zero-order valence-corrected chi connectivity index (χ0v) is 26.3. The van der Waals surface area contributed by atoms with Gasteiger partial charge < -0.3 is 5.32 Å². The lowest BCUT2D eigenvalue weighted by molar-refractivity contribution is -0.360. The predicted molar refractivity (Wildman–Crippen MR) is 155 cm³/mol. The van der Waals surface area contributed by atoms with Crippen LogP contribution in [0.3, 0.4) is 0 Å². The molecule has 4 aromatic rings. The molecule has 4 rings (SSSR count). The predicted octanol–water partition coefficient (Wildman–Crippen LogP) is 6.33. The van der Waals surface area contributed by atoms with Crippen molar-refractivity contribution in [3.63, 3.8) is 0 Å². The number of halogens is 9. The third-order valence-corrected chi connectivity index (χ3v) is 7.25. The summed E-state index contributed by atoms with van der Waals surface area (Å²) in [5.74, 6) is -13.1. The average molecular weight is 772 g/mol. The molecule has 0 bridgehead atoms. The molecule has 0 atom stereocenters. The van der Waals surface area contributed by atoms with Crippen LogP contribution in [0.25, 0.3) is 5.82 Å². The monoisotopic (exact) mass is 771 g/mol. The SMILES string of the molecule is Cc1cc(I)cc(C(=O)NC(C)C)c1CC(=O)c1cc(Cn2ncc(C(F)(F)C(F)(F)C(F)(F)F)n2)nn1-c1ncccc1Cl. The summed E-state index contributed by atoms with van der Waals surface area (Å²) in [5.41, 5.74) is -0.768. The number of nitrogens with one attached hydrogen (secondary N) is 1. The van der Waals surface area contributed by atoms with Gasteiger partial charge >= 0.3 is 18.0 Å². The van der Waals surface area contributed by atoms with E-state index in [1.807, 2.05) is 22.6 Å². The van der Waals surface area contributed by atoms with Crippen LogP contribution in [-0.4, -0.2) is 59.6 Å². The summed E-state index contributed by atoms with van der Waals surface area (Å²) >= 11 is 8.34. The van der Waals surface area contributed by atoms with E-state index in [9.17, 15) is 40.3 Å². The Morgan fingerprint density at radius 3 is 2.38 bits per heavy atom. The number of pyridine rings is 1.